The van der Waals surface area contributed by atoms with E-state index in [0.717, 1.165) is 39.1 Å². The van der Waals surface area contributed by atoms with E-state index in [1.54, 1.807) is 12.5 Å². The molecule has 0 saturated heterocycles. The lowest BCUT2D eigenvalue weighted by Crippen LogP contribution is -2.42. The summed E-state index contributed by atoms with van der Waals surface area (Å²) in [6, 6.07) is 18.9. The number of aryl methyl sites for hydroxylation is 1. The van der Waals surface area contributed by atoms with Crippen molar-refractivity contribution in [2.75, 3.05) is 0 Å². The Balaban J connectivity index is 1.44. The monoisotopic (exact) mass is 586 g/mol. The van der Waals surface area contributed by atoms with Gasteiger partial charge in [-0.3, -0.25) is 9.89 Å². The molecule has 9 heteroatoms. The van der Waals surface area contributed by atoms with Crippen molar-refractivity contribution in [3.8, 4) is 39.4 Å². The average Bonchev–Trinajstić information content (AvgIpc) is 3.60. The number of nitrogens with zero attached hydrogens (tertiary/aromatic N) is 2. The van der Waals surface area contributed by atoms with Crippen molar-refractivity contribution in [2.24, 2.45) is 0 Å². The van der Waals surface area contributed by atoms with Gasteiger partial charge in [-0.15, -0.1) is 0 Å². The van der Waals surface area contributed by atoms with Gasteiger partial charge in [0.05, 0.1) is 41.4 Å². The van der Waals surface area contributed by atoms with Gasteiger partial charge in [0.15, 0.2) is 0 Å². The maximum Gasteiger partial charge on any atom is 0.226 e. The van der Waals surface area contributed by atoms with E-state index in [2.05, 4.69) is 15.5 Å². The predicted octanol–water partition coefficient (Wildman–Crippen LogP) is 7.98. The van der Waals surface area contributed by atoms with E-state index in [0.29, 0.717) is 33.7 Å². The summed E-state index contributed by atoms with van der Waals surface area (Å²) in [5, 5.41) is 11.5. The van der Waals surface area contributed by atoms with E-state index in [9.17, 15) is 4.79 Å². The van der Waals surface area contributed by atoms with Gasteiger partial charge in [-0.25, -0.2) is 4.98 Å². The molecule has 0 aliphatic carbocycles. The number of fused-ring (bicyclic) bond motifs is 1. The van der Waals surface area contributed by atoms with Crippen LogP contribution in [-0.4, -0.2) is 26.7 Å². The first kappa shape index (κ1) is 27.1. The summed E-state index contributed by atoms with van der Waals surface area (Å²) in [6.45, 7) is 5.89. The second-order valence-corrected chi connectivity index (χ2v) is 11.7. The minimum Gasteiger partial charge on any atom is -0.472 e. The number of rotatable bonds is 6. The Morgan fingerprint density at radius 2 is 1.80 bits per heavy atom. The molecule has 7 nitrogen and oxygen atoms in total. The quantitative estimate of drug-likeness (QED) is 0.210. The van der Waals surface area contributed by atoms with Crippen molar-refractivity contribution >= 4 is 29.1 Å². The summed E-state index contributed by atoms with van der Waals surface area (Å²) < 4.78 is 11.6. The van der Waals surface area contributed by atoms with Gasteiger partial charge in [0.2, 0.25) is 11.8 Å². The Morgan fingerprint density at radius 3 is 2.49 bits per heavy atom. The molecule has 1 aliphatic rings. The van der Waals surface area contributed by atoms with Crippen molar-refractivity contribution in [1.29, 1.82) is 0 Å². The molecule has 2 N–H and O–H groups in total. The van der Waals surface area contributed by atoms with Crippen LogP contribution in [0.5, 0.6) is 5.88 Å². The third-order valence-electron chi connectivity index (χ3n) is 7.13. The Kier molecular flexibility index (Phi) is 7.09. The number of carbonyl (C=O) groups is 1. The fraction of sp³-hybridized carbons (Fsp3) is 0.219. The summed E-state index contributed by atoms with van der Waals surface area (Å²) in [6.07, 6.45) is 4.06. The highest BCUT2D eigenvalue weighted by atomic mass is 35.5. The topological polar surface area (TPSA) is 93.0 Å². The molecular weight excluding hydrogens is 559 g/mol. The predicted molar refractivity (Wildman–Crippen MR) is 160 cm³/mol. The fourth-order valence-corrected chi connectivity index (χ4v) is 5.62. The van der Waals surface area contributed by atoms with E-state index in [1.165, 1.54) is 0 Å². The van der Waals surface area contributed by atoms with Crippen LogP contribution in [0.15, 0.2) is 77.6 Å². The zero-order valence-corrected chi connectivity index (χ0v) is 24.3. The molecule has 0 bridgehead atoms. The van der Waals surface area contributed by atoms with Crippen LogP contribution < -0.4 is 10.1 Å². The standard InChI is InChI=1S/C32H28Cl2N4O3/c1-18-12-23(38-37-18)14-29(39)35-28-16-32(2,3)41-31-26(28)15-25(19-4-7-22(33)8-5-19)30(36-31)24-9-6-20(13-27(24)34)21-10-11-40-17-21/h4-13,15,17,28H,14,16H2,1-3H3,(H,35,39)(H,37,38)/t28-/m1/s1. The van der Waals surface area contributed by atoms with E-state index in [-0.39, 0.29) is 18.4 Å². The van der Waals surface area contributed by atoms with E-state index < -0.39 is 5.60 Å². The van der Waals surface area contributed by atoms with Crippen LogP contribution in [0.4, 0.5) is 0 Å². The van der Waals surface area contributed by atoms with Crippen molar-refractivity contribution in [3.05, 3.63) is 100 Å². The molecule has 1 atom stereocenters. The number of pyridine rings is 1. The van der Waals surface area contributed by atoms with Crippen LogP contribution in [0.25, 0.3) is 33.5 Å². The number of amides is 1. The summed E-state index contributed by atoms with van der Waals surface area (Å²) in [7, 11) is 0. The van der Waals surface area contributed by atoms with Gasteiger partial charge >= 0.3 is 0 Å². The Hall–Kier alpha value is -4.07. The molecule has 0 fully saturated rings. The number of furan rings is 1. The molecule has 0 unspecified atom stereocenters. The number of hydrogen-bond acceptors (Lipinski definition) is 5. The molecule has 208 valence electrons. The maximum absolute atomic E-state index is 13.1. The van der Waals surface area contributed by atoms with Crippen molar-refractivity contribution < 1.29 is 13.9 Å². The summed E-state index contributed by atoms with van der Waals surface area (Å²) in [5.41, 5.74) is 6.90. The third-order valence-corrected chi connectivity index (χ3v) is 7.69. The minimum atomic E-state index is -0.561. The van der Waals surface area contributed by atoms with E-state index >= 15 is 0 Å². The number of aromatic amines is 1. The van der Waals surface area contributed by atoms with Crippen molar-refractivity contribution in [1.82, 2.24) is 20.5 Å². The highest BCUT2D eigenvalue weighted by molar-refractivity contribution is 6.33. The lowest BCUT2D eigenvalue weighted by Gasteiger charge is -2.37. The highest BCUT2D eigenvalue weighted by Crippen LogP contribution is 2.45. The summed E-state index contributed by atoms with van der Waals surface area (Å²) in [4.78, 5) is 18.1. The van der Waals surface area contributed by atoms with E-state index in [1.807, 2.05) is 81.4 Å². The van der Waals surface area contributed by atoms with Crippen LogP contribution in [0, 0.1) is 6.92 Å². The highest BCUT2D eigenvalue weighted by Gasteiger charge is 2.37. The van der Waals surface area contributed by atoms with Gasteiger partial charge in [0, 0.05) is 39.4 Å². The smallest absolute Gasteiger partial charge is 0.226 e. The molecule has 0 spiro atoms. The van der Waals surface area contributed by atoms with Gasteiger partial charge < -0.3 is 14.5 Å². The zero-order chi connectivity index (χ0) is 28.7. The number of H-pyrrole nitrogens is 1. The number of nitrogens with one attached hydrogen (secondary N) is 2. The minimum absolute atomic E-state index is 0.125. The molecule has 4 heterocycles. The number of benzene rings is 2. The molecule has 0 saturated carbocycles. The van der Waals surface area contributed by atoms with Gasteiger partial charge in [0.1, 0.15) is 5.60 Å². The summed E-state index contributed by atoms with van der Waals surface area (Å²) in [5.74, 6) is 0.338. The van der Waals surface area contributed by atoms with E-state index in [4.69, 9.17) is 37.3 Å². The number of carbonyl (C=O) groups excluding carboxylic acids is 1. The molecule has 1 aliphatic heterocycles. The lowest BCUT2D eigenvalue weighted by atomic mass is 9.88. The zero-order valence-electron chi connectivity index (χ0n) is 22.8. The first-order chi connectivity index (χ1) is 19.6. The number of aromatic nitrogens is 3. The lowest BCUT2D eigenvalue weighted by molar-refractivity contribution is -0.121. The number of halogens is 2. The Morgan fingerprint density at radius 1 is 1.02 bits per heavy atom. The average molecular weight is 588 g/mol. The molecule has 41 heavy (non-hydrogen) atoms. The second-order valence-electron chi connectivity index (χ2n) is 10.9. The third kappa shape index (κ3) is 5.73. The second kappa shape index (κ2) is 10.7. The molecule has 5 aromatic rings. The molecule has 0 radical (unpaired) electrons. The summed E-state index contributed by atoms with van der Waals surface area (Å²) >= 11 is 13.1. The van der Waals surface area contributed by atoms with Gasteiger partial charge in [-0.05, 0) is 68.3 Å². The molecule has 3 aromatic heterocycles. The first-order valence-electron chi connectivity index (χ1n) is 13.3. The van der Waals surface area contributed by atoms with Gasteiger partial charge in [-0.1, -0.05) is 47.5 Å². The van der Waals surface area contributed by atoms with Crippen molar-refractivity contribution in [2.45, 2.75) is 45.3 Å². The fourth-order valence-electron chi connectivity index (χ4n) is 5.22. The Labute approximate surface area is 247 Å². The molecule has 1 amide bonds. The number of ether oxygens (including phenoxy) is 1. The van der Waals surface area contributed by atoms with Crippen LogP contribution in [0.1, 0.15) is 43.3 Å². The Bertz CT molecular complexity index is 1730. The van der Waals surface area contributed by atoms with Gasteiger partial charge in [-0.2, -0.15) is 5.10 Å². The van der Waals surface area contributed by atoms with Crippen LogP contribution in [-0.2, 0) is 11.2 Å². The molecular formula is C32H28Cl2N4O3. The molecule has 6 rings (SSSR count). The SMILES string of the molecule is Cc1cc(CC(=O)N[C@@H]2CC(C)(C)Oc3nc(-c4ccc(-c5ccoc5)cc4Cl)c(-c4ccc(Cl)cc4)cc32)n[nH]1. The number of hydrogen-bond donors (Lipinski definition) is 2. The van der Waals surface area contributed by atoms with Crippen LogP contribution in [0.2, 0.25) is 10.0 Å². The van der Waals surface area contributed by atoms with Crippen LogP contribution >= 0.6 is 23.2 Å². The largest absolute Gasteiger partial charge is 0.472 e. The molecule has 2 aromatic carbocycles. The van der Waals surface area contributed by atoms with Crippen molar-refractivity contribution in [3.63, 3.8) is 0 Å². The van der Waals surface area contributed by atoms with Gasteiger partial charge in [0.25, 0.3) is 0 Å². The van der Waals surface area contributed by atoms with Crippen LogP contribution in [0.3, 0.4) is 0 Å². The maximum atomic E-state index is 13.1. The first-order valence-corrected chi connectivity index (χ1v) is 14.0. The normalized spacial score (nSPS) is 15.7.